The first-order chi connectivity index (χ1) is 8.83. The Hall–Kier alpha value is -0.770. The molecule has 1 unspecified atom stereocenters. The molecule has 3 nitrogen and oxygen atoms in total. The molecule has 18 heavy (non-hydrogen) atoms. The van der Waals surface area contributed by atoms with Gasteiger partial charge in [-0.25, -0.2) is 0 Å². The van der Waals surface area contributed by atoms with Gasteiger partial charge in [-0.1, -0.05) is 11.6 Å². The van der Waals surface area contributed by atoms with Gasteiger partial charge in [-0.05, 0) is 30.0 Å². The summed E-state index contributed by atoms with van der Waals surface area (Å²) in [6.07, 6.45) is 2.14. The average Bonchev–Trinajstić information content (AvgIpc) is 2.98. The minimum atomic E-state index is 0.651. The Kier molecular flexibility index (Phi) is 3.73. The molecule has 98 valence electrons. The molecule has 4 heteroatoms. The third-order valence-corrected chi connectivity index (χ3v) is 3.82. The Morgan fingerprint density at radius 1 is 1.33 bits per heavy atom. The summed E-state index contributed by atoms with van der Waals surface area (Å²) in [6, 6.07) is 4.02. The normalized spacial score (nSPS) is 21.9. The van der Waals surface area contributed by atoms with Gasteiger partial charge in [0.15, 0.2) is 0 Å². The molecule has 0 bridgehead atoms. The molecule has 1 atom stereocenters. The maximum Gasteiger partial charge on any atom is 0.127 e. The predicted octanol–water partition coefficient (Wildman–Crippen LogP) is 2.40. The third kappa shape index (κ3) is 2.63. The zero-order valence-corrected chi connectivity index (χ0v) is 11.1. The van der Waals surface area contributed by atoms with E-state index in [2.05, 4.69) is 5.32 Å². The van der Waals surface area contributed by atoms with Crippen LogP contribution in [0.3, 0.4) is 0 Å². The minimum Gasteiger partial charge on any atom is -0.493 e. The topological polar surface area (TPSA) is 30.5 Å². The molecule has 1 aromatic carbocycles. The summed E-state index contributed by atoms with van der Waals surface area (Å²) in [7, 11) is 0. The highest BCUT2D eigenvalue weighted by Gasteiger charge is 2.18. The van der Waals surface area contributed by atoms with Crippen molar-refractivity contribution in [3.8, 4) is 5.75 Å². The number of halogens is 1. The SMILES string of the molecule is Clc1cc2c(c(CNCC3CCOC3)c1)OCC2. The summed E-state index contributed by atoms with van der Waals surface area (Å²) >= 11 is 6.13. The van der Waals surface area contributed by atoms with Crippen LogP contribution in [0.2, 0.25) is 5.02 Å². The number of rotatable bonds is 4. The summed E-state index contributed by atoms with van der Waals surface area (Å²) in [5, 5.41) is 4.29. The number of nitrogens with one attached hydrogen (secondary N) is 1. The highest BCUT2D eigenvalue weighted by molar-refractivity contribution is 6.30. The molecule has 0 radical (unpaired) electrons. The monoisotopic (exact) mass is 267 g/mol. The van der Waals surface area contributed by atoms with Crippen LogP contribution in [0.15, 0.2) is 12.1 Å². The standard InChI is InChI=1S/C14H18ClNO2/c15-13-5-11-2-4-18-14(11)12(6-13)8-16-7-10-1-3-17-9-10/h5-6,10,16H,1-4,7-9H2. The lowest BCUT2D eigenvalue weighted by atomic mass is 10.1. The van der Waals surface area contributed by atoms with Gasteiger partial charge < -0.3 is 14.8 Å². The van der Waals surface area contributed by atoms with Crippen molar-refractivity contribution in [1.29, 1.82) is 0 Å². The molecule has 2 aliphatic rings. The first-order valence-electron chi connectivity index (χ1n) is 6.55. The van der Waals surface area contributed by atoms with Crippen LogP contribution >= 0.6 is 11.6 Å². The first-order valence-corrected chi connectivity index (χ1v) is 6.93. The van der Waals surface area contributed by atoms with Crippen molar-refractivity contribution < 1.29 is 9.47 Å². The molecule has 0 saturated carbocycles. The van der Waals surface area contributed by atoms with Gasteiger partial charge in [0.1, 0.15) is 5.75 Å². The van der Waals surface area contributed by atoms with E-state index in [0.29, 0.717) is 5.92 Å². The molecule has 0 aromatic heterocycles. The number of benzene rings is 1. The molecule has 3 rings (SSSR count). The quantitative estimate of drug-likeness (QED) is 0.909. The van der Waals surface area contributed by atoms with Gasteiger partial charge in [0.25, 0.3) is 0 Å². The fraction of sp³-hybridized carbons (Fsp3) is 0.571. The summed E-state index contributed by atoms with van der Waals surface area (Å²) < 4.78 is 11.1. The molecular weight excluding hydrogens is 250 g/mol. The second-order valence-corrected chi connectivity index (χ2v) is 5.45. The Morgan fingerprint density at radius 2 is 2.28 bits per heavy atom. The van der Waals surface area contributed by atoms with Gasteiger partial charge in [0.05, 0.1) is 13.2 Å². The van der Waals surface area contributed by atoms with Crippen LogP contribution in [-0.4, -0.2) is 26.4 Å². The van der Waals surface area contributed by atoms with Crippen molar-refractivity contribution >= 4 is 11.6 Å². The minimum absolute atomic E-state index is 0.651. The molecule has 0 amide bonds. The zero-order chi connectivity index (χ0) is 12.4. The van der Waals surface area contributed by atoms with Crippen LogP contribution in [0.25, 0.3) is 0 Å². The maximum absolute atomic E-state index is 6.13. The largest absolute Gasteiger partial charge is 0.493 e. The van der Waals surface area contributed by atoms with Crippen LogP contribution in [0, 0.1) is 5.92 Å². The lowest BCUT2D eigenvalue weighted by molar-refractivity contribution is 0.185. The van der Waals surface area contributed by atoms with E-state index in [1.165, 1.54) is 11.1 Å². The number of hydrogen-bond acceptors (Lipinski definition) is 3. The molecule has 0 spiro atoms. The van der Waals surface area contributed by atoms with Gasteiger partial charge in [0, 0.05) is 36.7 Å². The average molecular weight is 268 g/mol. The fourth-order valence-electron chi connectivity index (χ4n) is 2.63. The Bertz CT molecular complexity index is 430. The van der Waals surface area contributed by atoms with Crippen molar-refractivity contribution in [3.63, 3.8) is 0 Å². The van der Waals surface area contributed by atoms with Gasteiger partial charge in [-0.15, -0.1) is 0 Å². The molecular formula is C14H18ClNO2. The molecule has 0 aliphatic carbocycles. The highest BCUT2D eigenvalue weighted by Crippen LogP contribution is 2.32. The number of fused-ring (bicyclic) bond motifs is 1. The van der Waals surface area contributed by atoms with Crippen molar-refractivity contribution in [2.75, 3.05) is 26.4 Å². The smallest absolute Gasteiger partial charge is 0.127 e. The second-order valence-electron chi connectivity index (χ2n) is 5.01. The summed E-state index contributed by atoms with van der Waals surface area (Å²) in [6.45, 7) is 4.39. The Balaban J connectivity index is 1.61. The molecule has 1 saturated heterocycles. The van der Waals surface area contributed by atoms with E-state index in [9.17, 15) is 0 Å². The van der Waals surface area contributed by atoms with E-state index in [4.69, 9.17) is 21.1 Å². The zero-order valence-electron chi connectivity index (χ0n) is 10.4. The van der Waals surface area contributed by atoms with Gasteiger partial charge in [0.2, 0.25) is 0 Å². The van der Waals surface area contributed by atoms with E-state index < -0.39 is 0 Å². The number of hydrogen-bond donors (Lipinski definition) is 1. The van der Waals surface area contributed by atoms with Crippen molar-refractivity contribution in [1.82, 2.24) is 5.32 Å². The van der Waals surface area contributed by atoms with Crippen LogP contribution in [0.4, 0.5) is 0 Å². The summed E-state index contributed by atoms with van der Waals surface area (Å²) in [5.41, 5.74) is 2.41. The third-order valence-electron chi connectivity index (χ3n) is 3.60. The van der Waals surface area contributed by atoms with Crippen molar-refractivity contribution in [3.05, 3.63) is 28.3 Å². The van der Waals surface area contributed by atoms with E-state index in [-0.39, 0.29) is 0 Å². The Labute approximate surface area is 112 Å². The molecule has 2 aliphatic heterocycles. The lowest BCUT2D eigenvalue weighted by Crippen LogP contribution is -2.22. The fourth-order valence-corrected chi connectivity index (χ4v) is 2.90. The molecule has 1 fully saturated rings. The second kappa shape index (κ2) is 5.47. The lowest BCUT2D eigenvalue weighted by Gasteiger charge is -2.12. The molecule has 1 aromatic rings. The van der Waals surface area contributed by atoms with E-state index in [0.717, 1.165) is 56.5 Å². The van der Waals surface area contributed by atoms with Gasteiger partial charge >= 0.3 is 0 Å². The predicted molar refractivity (Wildman–Crippen MR) is 71.3 cm³/mol. The van der Waals surface area contributed by atoms with Crippen molar-refractivity contribution in [2.45, 2.75) is 19.4 Å². The van der Waals surface area contributed by atoms with E-state index in [1.807, 2.05) is 12.1 Å². The van der Waals surface area contributed by atoms with Gasteiger partial charge in [-0.3, -0.25) is 0 Å². The van der Waals surface area contributed by atoms with Crippen LogP contribution in [0.5, 0.6) is 5.75 Å². The molecule has 2 heterocycles. The Morgan fingerprint density at radius 3 is 3.11 bits per heavy atom. The summed E-state index contributed by atoms with van der Waals surface area (Å²) in [5.74, 6) is 1.69. The van der Waals surface area contributed by atoms with Crippen LogP contribution in [-0.2, 0) is 17.7 Å². The van der Waals surface area contributed by atoms with Crippen molar-refractivity contribution in [2.24, 2.45) is 5.92 Å². The highest BCUT2D eigenvalue weighted by atomic mass is 35.5. The molecule has 1 N–H and O–H groups in total. The van der Waals surface area contributed by atoms with Gasteiger partial charge in [-0.2, -0.15) is 0 Å². The van der Waals surface area contributed by atoms with Crippen LogP contribution < -0.4 is 10.1 Å². The maximum atomic E-state index is 6.13. The van der Waals surface area contributed by atoms with E-state index >= 15 is 0 Å². The van der Waals surface area contributed by atoms with E-state index in [1.54, 1.807) is 0 Å². The summed E-state index contributed by atoms with van der Waals surface area (Å²) in [4.78, 5) is 0. The van der Waals surface area contributed by atoms with Crippen LogP contribution in [0.1, 0.15) is 17.5 Å². The number of ether oxygens (including phenoxy) is 2. The first kappa shape index (κ1) is 12.3.